The van der Waals surface area contributed by atoms with Crippen LogP contribution in [0.2, 0.25) is 0 Å². The molecule has 0 aliphatic rings. The molecule has 258 valence electrons. The van der Waals surface area contributed by atoms with Crippen LogP contribution in [0, 0.1) is 0 Å². The molecule has 0 unspecified atom stereocenters. The van der Waals surface area contributed by atoms with Gasteiger partial charge >= 0.3 is 0 Å². The summed E-state index contributed by atoms with van der Waals surface area (Å²) >= 11 is 1.26. The van der Waals surface area contributed by atoms with Gasteiger partial charge in [-0.15, -0.1) is 0 Å². The van der Waals surface area contributed by atoms with Crippen molar-refractivity contribution in [3.8, 4) is 11.5 Å². The summed E-state index contributed by atoms with van der Waals surface area (Å²) in [5, 5.41) is 6.83. The highest BCUT2D eigenvalue weighted by Crippen LogP contribution is 2.39. The summed E-state index contributed by atoms with van der Waals surface area (Å²) in [5.74, 6) is 2.00. The summed E-state index contributed by atoms with van der Waals surface area (Å²) < 4.78 is 44.1. The molecule has 0 fully saturated rings. The maximum absolute atomic E-state index is 11.7. The lowest BCUT2D eigenvalue weighted by Crippen LogP contribution is -2.22. The molecule has 1 aromatic heterocycles. The van der Waals surface area contributed by atoms with E-state index in [1.54, 1.807) is 38.5 Å². The van der Waals surface area contributed by atoms with Crippen LogP contribution in [0.15, 0.2) is 58.6 Å². The number of nitrogens with one attached hydrogen (secondary N) is 2. The number of nitrogens with zero attached hydrogens (tertiary/aromatic N) is 5. The Labute approximate surface area is 286 Å². The summed E-state index contributed by atoms with van der Waals surface area (Å²) in [6.45, 7) is 11.3. The summed E-state index contributed by atoms with van der Waals surface area (Å²) in [6.07, 6.45) is 0. The first-order valence-corrected chi connectivity index (χ1v) is 17.8. The van der Waals surface area contributed by atoms with Gasteiger partial charge in [-0.05, 0) is 57.5 Å². The van der Waals surface area contributed by atoms with E-state index in [1.807, 2.05) is 12.1 Å². The number of nitrogens with two attached hydrogens (primary N) is 2. The van der Waals surface area contributed by atoms with E-state index >= 15 is 0 Å². The normalized spacial score (nSPS) is 11.2. The van der Waals surface area contributed by atoms with Gasteiger partial charge in [0.25, 0.3) is 10.1 Å². The van der Waals surface area contributed by atoms with E-state index in [9.17, 15) is 13.0 Å². The first-order chi connectivity index (χ1) is 22.9. The Morgan fingerprint density at radius 2 is 1.25 bits per heavy atom. The van der Waals surface area contributed by atoms with Gasteiger partial charge < -0.3 is 41.4 Å². The van der Waals surface area contributed by atoms with Crippen molar-refractivity contribution in [3.05, 3.63) is 54.1 Å². The molecule has 48 heavy (non-hydrogen) atoms. The Morgan fingerprint density at radius 3 is 1.67 bits per heavy atom. The minimum absolute atomic E-state index is 0.195. The molecule has 16 heteroatoms. The van der Waals surface area contributed by atoms with E-state index in [0.29, 0.717) is 50.7 Å². The zero-order valence-corrected chi connectivity index (χ0v) is 29.6. The fourth-order valence-corrected chi connectivity index (χ4v) is 6.38. The van der Waals surface area contributed by atoms with Gasteiger partial charge in [-0.3, -0.25) is 4.55 Å². The molecule has 4 aromatic rings. The van der Waals surface area contributed by atoms with E-state index in [1.165, 1.54) is 23.9 Å². The number of aromatic nitrogens is 3. The smallest absolute Gasteiger partial charge is 0.294 e. The molecule has 0 aliphatic heterocycles. The molecule has 7 N–H and O–H groups in total. The topological polar surface area (TPSA) is 194 Å². The predicted molar refractivity (Wildman–Crippen MR) is 194 cm³/mol. The molecule has 0 saturated carbocycles. The van der Waals surface area contributed by atoms with Crippen LogP contribution in [0.1, 0.15) is 33.3 Å². The zero-order valence-electron chi connectivity index (χ0n) is 27.9. The predicted octanol–water partition coefficient (Wildman–Crippen LogP) is 5.77. The molecule has 1 heterocycles. The highest BCUT2D eigenvalue weighted by atomic mass is 32.2. The third kappa shape index (κ3) is 8.62. The minimum atomic E-state index is -4.36. The van der Waals surface area contributed by atoms with Crippen molar-refractivity contribution in [2.45, 2.75) is 43.5 Å². The number of ether oxygens (including phenoxy) is 2. The van der Waals surface area contributed by atoms with Crippen molar-refractivity contribution in [2.24, 2.45) is 0 Å². The number of hydrogen-bond acceptors (Lipinski definition) is 14. The van der Waals surface area contributed by atoms with Crippen LogP contribution in [-0.2, 0) is 15.9 Å². The average molecular weight is 698 g/mol. The Hall–Kier alpha value is -4.67. The highest BCUT2D eigenvalue weighted by Gasteiger charge is 2.18. The van der Waals surface area contributed by atoms with Crippen molar-refractivity contribution in [2.75, 3.05) is 72.3 Å². The van der Waals surface area contributed by atoms with Crippen LogP contribution in [-0.4, -0.2) is 68.3 Å². The monoisotopic (exact) mass is 697 g/mol. The Bertz CT molecular complexity index is 1750. The van der Waals surface area contributed by atoms with Crippen LogP contribution in [0.3, 0.4) is 0 Å². The largest absolute Gasteiger partial charge is 0.495 e. The van der Waals surface area contributed by atoms with Crippen LogP contribution >= 0.6 is 11.8 Å². The van der Waals surface area contributed by atoms with E-state index in [-0.39, 0.29) is 16.8 Å². The maximum atomic E-state index is 11.7. The molecule has 0 saturated heterocycles. The Morgan fingerprint density at radius 1 is 0.771 bits per heavy atom. The van der Waals surface area contributed by atoms with E-state index in [2.05, 4.69) is 63.1 Å². The molecule has 14 nitrogen and oxygen atoms in total. The molecular weight excluding hydrogens is 655 g/mol. The Balaban J connectivity index is 1.76. The lowest BCUT2D eigenvalue weighted by atomic mass is 10.2. The molecule has 3 aromatic carbocycles. The van der Waals surface area contributed by atoms with Crippen LogP contribution in [0.5, 0.6) is 11.5 Å². The highest BCUT2D eigenvalue weighted by molar-refractivity contribution is 7.98. The Kier molecular flexibility index (Phi) is 12.0. The van der Waals surface area contributed by atoms with Crippen molar-refractivity contribution in [1.29, 1.82) is 0 Å². The molecule has 0 amide bonds. The summed E-state index contributed by atoms with van der Waals surface area (Å²) in [7, 11) is -1.15. The number of rotatable bonds is 16. The first kappa shape index (κ1) is 36.2. The summed E-state index contributed by atoms with van der Waals surface area (Å²) in [5.41, 5.74) is 17.2. The standard InChI is InChI=1S/C32H43N9O5S2/c1-7-40(8-2)26-17-24(22(33)15-28(26)45-5)35-30-37-31(36-25-18-27(41(9-3)10-4)29(46-6)16-23(25)34)39-32(38-30)47-19-20-12-11-13-21(14-20)48(42,43)44/h11-18H,7-10,19,33-34H2,1-6H3,(H,42,43,44)(H2,35,36,37,38,39). The lowest BCUT2D eigenvalue weighted by molar-refractivity contribution is 0.414. The third-order valence-corrected chi connectivity index (χ3v) is 9.35. The van der Waals surface area contributed by atoms with Crippen LogP contribution in [0.4, 0.5) is 46.0 Å². The van der Waals surface area contributed by atoms with Crippen LogP contribution in [0.25, 0.3) is 0 Å². The fraction of sp³-hybridized carbons (Fsp3) is 0.344. The second kappa shape index (κ2) is 16.0. The molecule has 0 aliphatic carbocycles. The second-order valence-corrected chi connectivity index (χ2v) is 12.9. The summed E-state index contributed by atoms with van der Waals surface area (Å²) in [6, 6.07) is 13.3. The SMILES string of the molecule is CCN(CC)c1cc(Nc2nc(Nc3cc(N(CC)CC)c(OC)cc3N)nc(SCc3cccc(S(=O)(=O)O)c3)n2)c(N)cc1OC. The van der Waals surface area contributed by atoms with Crippen molar-refractivity contribution < 1.29 is 22.4 Å². The first-order valence-electron chi connectivity index (χ1n) is 15.4. The van der Waals surface area contributed by atoms with Gasteiger partial charge in [-0.1, -0.05) is 23.9 Å². The van der Waals surface area contributed by atoms with E-state index < -0.39 is 10.1 Å². The van der Waals surface area contributed by atoms with Gasteiger partial charge in [0.05, 0.1) is 53.2 Å². The second-order valence-electron chi connectivity index (χ2n) is 10.5. The number of benzene rings is 3. The summed E-state index contributed by atoms with van der Waals surface area (Å²) in [4.78, 5) is 18.0. The van der Waals surface area contributed by atoms with Gasteiger partial charge in [0, 0.05) is 44.1 Å². The number of hydrogen-bond donors (Lipinski definition) is 5. The molecule has 4 rings (SSSR count). The quantitative estimate of drug-likeness (QED) is 0.0537. The molecular formula is C32H43N9O5S2. The van der Waals surface area contributed by atoms with Gasteiger partial charge in [0.15, 0.2) is 5.16 Å². The lowest BCUT2D eigenvalue weighted by Gasteiger charge is -2.25. The zero-order chi connectivity index (χ0) is 35.0. The third-order valence-electron chi connectivity index (χ3n) is 7.58. The van der Waals surface area contributed by atoms with Crippen molar-refractivity contribution in [1.82, 2.24) is 15.0 Å². The van der Waals surface area contributed by atoms with Crippen LogP contribution < -0.4 is 41.4 Å². The van der Waals surface area contributed by atoms with E-state index in [0.717, 1.165) is 37.6 Å². The molecule has 0 spiro atoms. The number of thioether (sulfide) groups is 1. The van der Waals surface area contributed by atoms with Gasteiger partial charge in [0.2, 0.25) is 11.9 Å². The van der Waals surface area contributed by atoms with Gasteiger partial charge in [0.1, 0.15) is 11.5 Å². The minimum Gasteiger partial charge on any atom is -0.495 e. The number of anilines is 8. The maximum Gasteiger partial charge on any atom is 0.294 e. The molecule has 0 bridgehead atoms. The van der Waals surface area contributed by atoms with Gasteiger partial charge in [-0.2, -0.15) is 23.4 Å². The van der Waals surface area contributed by atoms with E-state index in [4.69, 9.17) is 20.9 Å². The number of methoxy groups -OCH3 is 2. The van der Waals surface area contributed by atoms with Crippen molar-refractivity contribution >= 4 is 67.9 Å². The van der Waals surface area contributed by atoms with Gasteiger partial charge in [-0.25, -0.2) is 0 Å². The molecule has 0 atom stereocenters. The van der Waals surface area contributed by atoms with Crippen molar-refractivity contribution in [3.63, 3.8) is 0 Å². The molecule has 0 radical (unpaired) electrons. The average Bonchev–Trinajstić information content (AvgIpc) is 3.07. The fourth-order valence-electron chi connectivity index (χ4n) is 5.05. The number of nitrogen functional groups attached to an aromatic ring is 2.